The number of aryl methyl sites for hydroxylation is 1. The quantitative estimate of drug-likeness (QED) is 0.846. The van der Waals surface area contributed by atoms with Gasteiger partial charge in [0.15, 0.2) is 0 Å². The third-order valence-corrected chi connectivity index (χ3v) is 4.41. The van der Waals surface area contributed by atoms with E-state index in [0.29, 0.717) is 19.6 Å². The van der Waals surface area contributed by atoms with Crippen LogP contribution in [0, 0.1) is 0 Å². The number of nitrogens with one attached hydrogen (secondary N) is 1. The smallest absolute Gasteiger partial charge is 0.321 e. The van der Waals surface area contributed by atoms with Crippen molar-refractivity contribution in [3.63, 3.8) is 0 Å². The van der Waals surface area contributed by atoms with E-state index in [1.807, 2.05) is 25.4 Å². The largest absolute Gasteiger partial charge is 0.492 e. The number of hydrogen-bond donors (Lipinski definition) is 2. The summed E-state index contributed by atoms with van der Waals surface area (Å²) < 4.78 is 7.43. The molecule has 6 nitrogen and oxygen atoms in total. The molecule has 3 rings (SSSR count). The van der Waals surface area contributed by atoms with E-state index < -0.39 is 12.0 Å². The SMILES string of the molecule is Cn1cc(CC(NCc2ccc3c(c2)OCC3(C)C)C(=O)O)cn1. The van der Waals surface area contributed by atoms with Crippen LogP contribution >= 0.6 is 0 Å². The second-order valence-corrected chi connectivity index (χ2v) is 7.00. The third-order valence-electron chi connectivity index (χ3n) is 4.41. The molecule has 2 aromatic rings. The Morgan fingerprint density at radius 3 is 2.92 bits per heavy atom. The molecule has 0 fully saturated rings. The highest BCUT2D eigenvalue weighted by atomic mass is 16.5. The predicted octanol–water partition coefficient (Wildman–Crippen LogP) is 1.88. The van der Waals surface area contributed by atoms with Crippen molar-refractivity contribution >= 4 is 5.97 Å². The van der Waals surface area contributed by atoms with Gasteiger partial charge in [0, 0.05) is 37.2 Å². The molecule has 1 aliphatic rings. The third kappa shape index (κ3) is 3.43. The monoisotopic (exact) mass is 329 g/mol. The van der Waals surface area contributed by atoms with Crippen LogP contribution in [0.2, 0.25) is 0 Å². The minimum Gasteiger partial charge on any atom is -0.492 e. The van der Waals surface area contributed by atoms with Crippen molar-refractivity contribution in [2.24, 2.45) is 7.05 Å². The van der Waals surface area contributed by atoms with Gasteiger partial charge in [0.2, 0.25) is 0 Å². The van der Waals surface area contributed by atoms with Crippen LogP contribution in [0.25, 0.3) is 0 Å². The van der Waals surface area contributed by atoms with E-state index in [2.05, 4.69) is 30.3 Å². The molecule has 0 saturated carbocycles. The van der Waals surface area contributed by atoms with Crippen molar-refractivity contribution in [2.45, 2.75) is 38.3 Å². The Kier molecular flexibility index (Phi) is 4.32. The maximum Gasteiger partial charge on any atom is 0.321 e. The van der Waals surface area contributed by atoms with E-state index in [1.54, 1.807) is 10.9 Å². The number of carboxylic acid groups (broad SMARTS) is 1. The molecule has 1 unspecified atom stereocenters. The fourth-order valence-corrected chi connectivity index (χ4v) is 2.99. The van der Waals surface area contributed by atoms with Gasteiger partial charge >= 0.3 is 5.97 Å². The first-order valence-electron chi connectivity index (χ1n) is 8.05. The molecule has 0 bridgehead atoms. The van der Waals surface area contributed by atoms with Gasteiger partial charge < -0.3 is 15.2 Å². The standard InChI is InChI=1S/C18H23N3O3/c1-18(2)11-24-16-7-12(4-5-14(16)18)8-19-15(17(22)23)6-13-9-20-21(3)10-13/h4-5,7,9-10,15,19H,6,8,11H2,1-3H3,(H,22,23). The fraction of sp³-hybridized carbons (Fsp3) is 0.444. The second kappa shape index (κ2) is 6.28. The van der Waals surface area contributed by atoms with Gasteiger partial charge in [-0.05, 0) is 17.2 Å². The van der Waals surface area contributed by atoms with Gasteiger partial charge in [0.05, 0.1) is 12.8 Å². The molecular formula is C18H23N3O3. The molecule has 128 valence electrons. The molecule has 1 atom stereocenters. The average molecular weight is 329 g/mol. The predicted molar refractivity (Wildman–Crippen MR) is 90.1 cm³/mol. The minimum atomic E-state index is -0.864. The number of hydrogen-bond acceptors (Lipinski definition) is 4. The number of aliphatic carboxylic acids is 1. The second-order valence-electron chi connectivity index (χ2n) is 7.00. The molecule has 0 spiro atoms. The number of fused-ring (bicyclic) bond motifs is 1. The van der Waals surface area contributed by atoms with E-state index in [-0.39, 0.29) is 5.41 Å². The summed E-state index contributed by atoms with van der Waals surface area (Å²) in [4.78, 5) is 11.5. The Balaban J connectivity index is 1.66. The number of carbonyl (C=O) groups is 1. The zero-order valence-electron chi connectivity index (χ0n) is 14.2. The summed E-state index contributed by atoms with van der Waals surface area (Å²) in [5, 5.41) is 16.6. The molecule has 1 aliphatic heterocycles. The van der Waals surface area contributed by atoms with Crippen LogP contribution in [-0.4, -0.2) is 33.5 Å². The highest BCUT2D eigenvalue weighted by Crippen LogP contribution is 2.38. The number of aromatic nitrogens is 2. The summed E-state index contributed by atoms with van der Waals surface area (Å²) >= 11 is 0. The Morgan fingerprint density at radius 1 is 1.46 bits per heavy atom. The van der Waals surface area contributed by atoms with Crippen molar-refractivity contribution in [3.8, 4) is 5.75 Å². The van der Waals surface area contributed by atoms with Crippen molar-refractivity contribution < 1.29 is 14.6 Å². The molecule has 0 radical (unpaired) electrons. The van der Waals surface area contributed by atoms with Gasteiger partial charge in [0.25, 0.3) is 0 Å². The molecule has 0 amide bonds. The Hall–Kier alpha value is -2.34. The summed E-state index contributed by atoms with van der Waals surface area (Å²) in [6, 6.07) is 5.46. The van der Waals surface area contributed by atoms with Crippen molar-refractivity contribution in [1.82, 2.24) is 15.1 Å². The van der Waals surface area contributed by atoms with Crippen LogP contribution in [-0.2, 0) is 30.2 Å². The van der Waals surface area contributed by atoms with Crippen LogP contribution in [0.4, 0.5) is 0 Å². The fourth-order valence-electron chi connectivity index (χ4n) is 2.99. The van der Waals surface area contributed by atoms with Crippen molar-refractivity contribution in [2.75, 3.05) is 6.61 Å². The first-order chi connectivity index (χ1) is 11.3. The summed E-state index contributed by atoms with van der Waals surface area (Å²) in [5.74, 6) is 0.0378. The van der Waals surface area contributed by atoms with Gasteiger partial charge in [-0.25, -0.2) is 0 Å². The normalized spacial score (nSPS) is 16.5. The van der Waals surface area contributed by atoms with Gasteiger partial charge in [-0.3, -0.25) is 9.48 Å². The first kappa shape index (κ1) is 16.5. The molecule has 0 aliphatic carbocycles. The maximum atomic E-state index is 11.5. The molecule has 2 heterocycles. The van der Waals surface area contributed by atoms with E-state index in [9.17, 15) is 9.90 Å². The molecular weight excluding hydrogens is 306 g/mol. The lowest BCUT2D eigenvalue weighted by Crippen LogP contribution is -2.38. The summed E-state index contributed by atoms with van der Waals surface area (Å²) in [7, 11) is 1.82. The van der Waals surface area contributed by atoms with E-state index in [0.717, 1.165) is 16.9 Å². The van der Waals surface area contributed by atoms with Crippen LogP contribution in [0.3, 0.4) is 0 Å². The molecule has 6 heteroatoms. The van der Waals surface area contributed by atoms with Crippen molar-refractivity contribution in [1.29, 1.82) is 0 Å². The van der Waals surface area contributed by atoms with Crippen LogP contribution in [0.15, 0.2) is 30.6 Å². The summed E-state index contributed by atoms with van der Waals surface area (Å²) in [6.07, 6.45) is 3.93. The molecule has 0 saturated heterocycles. The summed E-state index contributed by atoms with van der Waals surface area (Å²) in [6.45, 7) is 5.47. The zero-order valence-corrected chi connectivity index (χ0v) is 14.2. The van der Waals surface area contributed by atoms with Gasteiger partial charge in [0.1, 0.15) is 11.8 Å². The minimum absolute atomic E-state index is 0.0329. The Morgan fingerprint density at radius 2 is 2.25 bits per heavy atom. The topological polar surface area (TPSA) is 76.4 Å². The van der Waals surface area contributed by atoms with E-state index >= 15 is 0 Å². The highest BCUT2D eigenvalue weighted by Gasteiger charge is 2.31. The number of rotatable bonds is 6. The lowest BCUT2D eigenvalue weighted by Gasteiger charge is -2.16. The van der Waals surface area contributed by atoms with Gasteiger partial charge in [-0.2, -0.15) is 5.10 Å². The Bertz CT molecular complexity index is 752. The van der Waals surface area contributed by atoms with Gasteiger partial charge in [-0.15, -0.1) is 0 Å². The number of carboxylic acids is 1. The van der Waals surface area contributed by atoms with Crippen molar-refractivity contribution in [3.05, 3.63) is 47.3 Å². The molecule has 24 heavy (non-hydrogen) atoms. The molecule has 2 N–H and O–H groups in total. The number of nitrogens with zero attached hydrogens (tertiary/aromatic N) is 2. The first-order valence-corrected chi connectivity index (χ1v) is 8.05. The number of benzene rings is 1. The zero-order chi connectivity index (χ0) is 17.3. The van der Waals surface area contributed by atoms with E-state index in [4.69, 9.17) is 4.74 Å². The van der Waals surface area contributed by atoms with Crippen LogP contribution in [0.5, 0.6) is 5.75 Å². The Labute approximate surface area is 141 Å². The number of ether oxygens (including phenoxy) is 1. The molecule has 1 aromatic carbocycles. The lowest BCUT2D eigenvalue weighted by atomic mass is 9.86. The van der Waals surface area contributed by atoms with Crippen LogP contribution < -0.4 is 10.1 Å². The molecule has 1 aromatic heterocycles. The van der Waals surface area contributed by atoms with Crippen LogP contribution in [0.1, 0.15) is 30.5 Å². The maximum absolute atomic E-state index is 11.5. The lowest BCUT2D eigenvalue weighted by molar-refractivity contribution is -0.139. The van der Waals surface area contributed by atoms with E-state index in [1.165, 1.54) is 5.56 Å². The summed E-state index contributed by atoms with van der Waals surface area (Å²) in [5.41, 5.74) is 3.15. The highest BCUT2D eigenvalue weighted by molar-refractivity contribution is 5.73. The van der Waals surface area contributed by atoms with Gasteiger partial charge in [-0.1, -0.05) is 26.0 Å². The average Bonchev–Trinajstić information content (AvgIpc) is 3.06.